The maximum atomic E-state index is 8.85. The molecule has 0 spiro atoms. The molecule has 0 radical (unpaired) electrons. The summed E-state index contributed by atoms with van der Waals surface area (Å²) in [5.74, 6) is 0. The zero-order valence-corrected chi connectivity index (χ0v) is 9.24. The summed E-state index contributed by atoms with van der Waals surface area (Å²) in [6.07, 6.45) is 0. The minimum absolute atomic E-state index is 0.659. The number of benzene rings is 2. The first-order valence-electron chi connectivity index (χ1n) is 4.75. The second kappa shape index (κ2) is 4.84. The van der Waals surface area contributed by atoms with Crippen molar-refractivity contribution in [3.63, 3.8) is 0 Å². The van der Waals surface area contributed by atoms with Crippen LogP contribution in [0.5, 0.6) is 0 Å². The molecule has 2 aromatic carbocycles. The first-order chi connectivity index (χ1) is 7.83. The molecule has 3 heteroatoms. The number of nitrogens with zero attached hydrogens (tertiary/aromatic N) is 1. The van der Waals surface area contributed by atoms with E-state index in [9.17, 15) is 0 Å². The zero-order valence-electron chi connectivity index (χ0n) is 8.42. The summed E-state index contributed by atoms with van der Waals surface area (Å²) in [5.41, 5.74) is 2.79. The first kappa shape index (κ1) is 10.7. The summed E-state index contributed by atoms with van der Waals surface area (Å²) in [6.45, 7) is 0. The van der Waals surface area contributed by atoms with Gasteiger partial charge in [0, 0.05) is 16.9 Å². The van der Waals surface area contributed by atoms with Crippen LogP contribution in [0, 0.1) is 11.3 Å². The highest BCUT2D eigenvalue weighted by atomic mass is 32.2. The van der Waals surface area contributed by atoms with E-state index in [4.69, 9.17) is 9.81 Å². The minimum Gasteiger partial charge on any atom is -0.325 e. The maximum absolute atomic E-state index is 8.85. The topological polar surface area (TPSA) is 44.0 Å². The highest BCUT2D eigenvalue weighted by molar-refractivity contribution is 7.93. The van der Waals surface area contributed by atoms with Crippen LogP contribution in [-0.4, -0.2) is 4.55 Å². The minimum atomic E-state index is 0.659. The Morgan fingerprint density at radius 1 is 0.875 bits per heavy atom. The monoisotopic (exact) mass is 227 g/mol. The Kier molecular flexibility index (Phi) is 3.25. The molecule has 0 amide bonds. The molecule has 1 N–H and O–H groups in total. The molecular formula is C13H9NOS. The molecule has 2 rings (SSSR count). The van der Waals surface area contributed by atoms with Crippen LogP contribution in [0.15, 0.2) is 53.4 Å². The largest absolute Gasteiger partial charge is 0.325 e. The number of rotatable bonds is 2. The fourth-order valence-corrected chi connectivity index (χ4v) is 1.70. The van der Waals surface area contributed by atoms with Crippen LogP contribution in [0.1, 0.15) is 5.56 Å². The van der Waals surface area contributed by atoms with Crippen molar-refractivity contribution in [2.45, 2.75) is 4.90 Å². The summed E-state index contributed by atoms with van der Waals surface area (Å²) in [5, 5.41) is 8.69. The average molecular weight is 227 g/mol. The second-order valence-electron chi connectivity index (χ2n) is 3.30. The third kappa shape index (κ3) is 2.25. The third-order valence-electron chi connectivity index (χ3n) is 2.31. The predicted octanol–water partition coefficient (Wildman–Crippen LogP) is 3.79. The maximum Gasteiger partial charge on any atom is 0.0991 e. The molecular weight excluding hydrogens is 218 g/mol. The smallest absolute Gasteiger partial charge is 0.0991 e. The van der Waals surface area contributed by atoms with Gasteiger partial charge in [-0.2, -0.15) is 5.26 Å². The zero-order chi connectivity index (χ0) is 11.4. The molecule has 0 saturated carbocycles. The van der Waals surface area contributed by atoms with Crippen LogP contribution in [0.3, 0.4) is 0 Å². The van der Waals surface area contributed by atoms with Gasteiger partial charge < -0.3 is 4.55 Å². The Balaban J connectivity index is 2.32. The standard InChI is InChI=1S/C13H9NOS/c14-9-10-1-3-11(4-2-10)12-5-7-13(16-15)8-6-12/h1-8,15H. The Morgan fingerprint density at radius 3 is 1.81 bits per heavy atom. The second-order valence-corrected chi connectivity index (χ2v) is 3.96. The Morgan fingerprint density at radius 2 is 1.38 bits per heavy atom. The first-order valence-corrected chi connectivity index (χ1v) is 5.53. The van der Waals surface area contributed by atoms with Gasteiger partial charge in [0.15, 0.2) is 0 Å². The van der Waals surface area contributed by atoms with E-state index >= 15 is 0 Å². The van der Waals surface area contributed by atoms with Crippen LogP contribution in [-0.2, 0) is 0 Å². The summed E-state index contributed by atoms with van der Waals surface area (Å²) in [6, 6.07) is 17.1. The molecule has 0 heterocycles. The van der Waals surface area contributed by atoms with E-state index in [2.05, 4.69) is 6.07 Å². The lowest BCUT2D eigenvalue weighted by atomic mass is 10.0. The molecule has 0 aliphatic carbocycles. The van der Waals surface area contributed by atoms with Crippen molar-refractivity contribution < 1.29 is 4.55 Å². The van der Waals surface area contributed by atoms with Gasteiger partial charge >= 0.3 is 0 Å². The van der Waals surface area contributed by atoms with Gasteiger partial charge in [-0.25, -0.2) is 0 Å². The van der Waals surface area contributed by atoms with Gasteiger partial charge in [-0.05, 0) is 35.4 Å². The van der Waals surface area contributed by atoms with Crippen LogP contribution in [0.2, 0.25) is 0 Å². The van der Waals surface area contributed by atoms with Gasteiger partial charge in [-0.15, -0.1) is 0 Å². The average Bonchev–Trinajstić information content (AvgIpc) is 2.39. The number of hydrogen-bond donors (Lipinski definition) is 1. The molecule has 0 unspecified atom stereocenters. The highest BCUT2D eigenvalue weighted by Crippen LogP contribution is 2.22. The third-order valence-corrected chi connectivity index (χ3v) is 2.79. The Labute approximate surface area is 98.4 Å². The van der Waals surface area contributed by atoms with Crippen molar-refractivity contribution in [2.24, 2.45) is 0 Å². The SMILES string of the molecule is N#Cc1ccc(-c2ccc(SO)cc2)cc1. The van der Waals surface area contributed by atoms with Gasteiger partial charge in [-0.3, -0.25) is 0 Å². The molecule has 0 aliphatic heterocycles. The van der Waals surface area contributed by atoms with Crippen molar-refractivity contribution >= 4 is 12.0 Å². The number of hydrogen-bond acceptors (Lipinski definition) is 3. The van der Waals surface area contributed by atoms with Gasteiger partial charge in [-0.1, -0.05) is 24.3 Å². The van der Waals surface area contributed by atoms with Crippen LogP contribution < -0.4 is 0 Å². The van der Waals surface area contributed by atoms with Crippen molar-refractivity contribution in [3.8, 4) is 17.2 Å². The van der Waals surface area contributed by atoms with Gasteiger partial charge in [0.05, 0.1) is 11.6 Å². The van der Waals surface area contributed by atoms with Crippen LogP contribution in [0.4, 0.5) is 0 Å². The van der Waals surface area contributed by atoms with Gasteiger partial charge in [0.25, 0.3) is 0 Å². The van der Waals surface area contributed by atoms with Gasteiger partial charge in [0.1, 0.15) is 0 Å². The van der Waals surface area contributed by atoms with E-state index in [0.29, 0.717) is 5.56 Å². The molecule has 2 aromatic rings. The lowest BCUT2D eigenvalue weighted by Gasteiger charge is -2.02. The van der Waals surface area contributed by atoms with Crippen molar-refractivity contribution in [2.75, 3.05) is 0 Å². The molecule has 16 heavy (non-hydrogen) atoms. The van der Waals surface area contributed by atoms with E-state index in [1.165, 1.54) is 0 Å². The molecule has 0 atom stereocenters. The lowest BCUT2D eigenvalue weighted by Crippen LogP contribution is -1.79. The van der Waals surface area contributed by atoms with E-state index in [0.717, 1.165) is 28.1 Å². The van der Waals surface area contributed by atoms with Crippen molar-refractivity contribution in [3.05, 3.63) is 54.1 Å². The summed E-state index contributed by atoms with van der Waals surface area (Å²) in [4.78, 5) is 0.817. The molecule has 0 aliphatic rings. The molecule has 78 valence electrons. The Hall–Kier alpha value is -1.76. The summed E-state index contributed by atoms with van der Waals surface area (Å²) in [7, 11) is 0. The van der Waals surface area contributed by atoms with Crippen LogP contribution >= 0.6 is 12.0 Å². The molecule has 0 fully saturated rings. The number of nitriles is 1. The summed E-state index contributed by atoms with van der Waals surface area (Å²) >= 11 is 0.736. The van der Waals surface area contributed by atoms with E-state index in [1.807, 2.05) is 36.4 Å². The molecule has 0 bridgehead atoms. The molecule has 0 saturated heterocycles. The van der Waals surface area contributed by atoms with Gasteiger partial charge in [0.2, 0.25) is 0 Å². The normalized spacial score (nSPS) is 9.75. The quantitative estimate of drug-likeness (QED) is 0.794. The summed E-state index contributed by atoms with van der Waals surface area (Å²) < 4.78 is 8.85. The van der Waals surface area contributed by atoms with E-state index in [1.54, 1.807) is 12.1 Å². The molecule has 2 nitrogen and oxygen atoms in total. The Bertz CT molecular complexity index is 511. The predicted molar refractivity (Wildman–Crippen MR) is 65.1 cm³/mol. The highest BCUT2D eigenvalue weighted by Gasteiger charge is 1.98. The van der Waals surface area contributed by atoms with E-state index in [-0.39, 0.29) is 0 Å². The fourth-order valence-electron chi connectivity index (χ4n) is 1.45. The lowest BCUT2D eigenvalue weighted by molar-refractivity contribution is 0.664. The fraction of sp³-hybridized carbons (Fsp3) is 0. The van der Waals surface area contributed by atoms with E-state index < -0.39 is 0 Å². The van der Waals surface area contributed by atoms with Crippen molar-refractivity contribution in [1.82, 2.24) is 0 Å². The van der Waals surface area contributed by atoms with Crippen molar-refractivity contribution in [1.29, 1.82) is 5.26 Å². The van der Waals surface area contributed by atoms with Crippen LogP contribution in [0.25, 0.3) is 11.1 Å². The molecule has 0 aromatic heterocycles.